The molecule has 2 heterocycles. The van der Waals surface area contributed by atoms with Crippen molar-refractivity contribution in [3.05, 3.63) is 11.1 Å². The van der Waals surface area contributed by atoms with Crippen LogP contribution in [0.5, 0.6) is 0 Å². The number of thiazole rings is 1. The summed E-state index contributed by atoms with van der Waals surface area (Å²) in [6.45, 7) is 2.59. The van der Waals surface area contributed by atoms with Crippen molar-refractivity contribution < 1.29 is 9.59 Å². The minimum absolute atomic E-state index is 0.0351. The Balaban J connectivity index is 1.76. The third-order valence-electron chi connectivity index (χ3n) is 2.28. The van der Waals surface area contributed by atoms with Gasteiger partial charge in [-0.15, -0.1) is 23.1 Å². The molecule has 7 heteroatoms. The van der Waals surface area contributed by atoms with Gasteiger partial charge in [0.05, 0.1) is 16.7 Å². The van der Waals surface area contributed by atoms with Crippen molar-refractivity contribution in [2.45, 2.75) is 18.6 Å². The third-order valence-corrected chi connectivity index (χ3v) is 4.44. The summed E-state index contributed by atoms with van der Waals surface area (Å²) in [5.41, 5.74) is 0.896. The maximum atomic E-state index is 11.6. The molecule has 1 aromatic rings. The van der Waals surface area contributed by atoms with Crippen molar-refractivity contribution in [1.82, 2.24) is 10.3 Å². The molecule has 1 fully saturated rings. The molecule has 1 aromatic heterocycles. The van der Waals surface area contributed by atoms with Crippen LogP contribution in [0, 0.1) is 6.92 Å². The van der Waals surface area contributed by atoms with E-state index in [1.807, 2.05) is 12.3 Å². The van der Waals surface area contributed by atoms with Gasteiger partial charge in [-0.05, 0) is 13.3 Å². The molecule has 0 aromatic carbocycles. The van der Waals surface area contributed by atoms with Crippen LogP contribution in [-0.4, -0.2) is 34.3 Å². The zero-order valence-corrected chi connectivity index (χ0v) is 11.0. The molecule has 1 aliphatic heterocycles. The van der Waals surface area contributed by atoms with E-state index < -0.39 is 0 Å². The molecule has 0 bridgehead atoms. The number of amides is 2. The fraction of sp³-hybridized carbons (Fsp3) is 0.500. The molecular weight excluding hydrogens is 258 g/mol. The number of nitrogens with one attached hydrogen (secondary N) is 2. The second-order valence-electron chi connectivity index (χ2n) is 3.72. The van der Waals surface area contributed by atoms with Gasteiger partial charge in [0.2, 0.25) is 11.8 Å². The van der Waals surface area contributed by atoms with Crippen LogP contribution in [-0.2, 0) is 9.59 Å². The summed E-state index contributed by atoms with van der Waals surface area (Å²) in [6.07, 6.45) is 0.799. The summed E-state index contributed by atoms with van der Waals surface area (Å²) in [5.74, 6) is 0.216. The summed E-state index contributed by atoms with van der Waals surface area (Å²) < 4.78 is 0. The smallest absolute Gasteiger partial charge is 0.236 e. The lowest BCUT2D eigenvalue weighted by Crippen LogP contribution is -2.23. The number of nitrogens with zero attached hydrogens (tertiary/aromatic N) is 1. The van der Waals surface area contributed by atoms with E-state index in [0.717, 1.165) is 12.1 Å². The van der Waals surface area contributed by atoms with Crippen LogP contribution in [0.25, 0.3) is 0 Å². The van der Waals surface area contributed by atoms with Crippen LogP contribution in [0.1, 0.15) is 12.1 Å². The van der Waals surface area contributed by atoms with Gasteiger partial charge in [0.25, 0.3) is 0 Å². The lowest BCUT2D eigenvalue weighted by Gasteiger charge is -2.05. The lowest BCUT2D eigenvalue weighted by atomic mass is 10.4. The monoisotopic (exact) mass is 271 g/mol. The molecule has 2 N–H and O–H groups in total. The topological polar surface area (TPSA) is 71.1 Å². The Bertz CT molecular complexity index is 433. The second-order valence-corrected chi connectivity index (χ2v) is 5.77. The number of carbonyl (C=O) groups excluding carboxylic acids is 2. The van der Waals surface area contributed by atoms with Crippen LogP contribution in [0.2, 0.25) is 0 Å². The van der Waals surface area contributed by atoms with Crippen LogP contribution < -0.4 is 10.6 Å². The summed E-state index contributed by atoms with van der Waals surface area (Å²) >= 11 is 2.78. The average Bonchev–Trinajstić information content (AvgIpc) is 2.85. The number of hydrogen-bond donors (Lipinski definition) is 2. The van der Waals surface area contributed by atoms with E-state index in [0.29, 0.717) is 11.7 Å². The molecule has 1 atom stereocenters. The normalized spacial score (nSPS) is 19.1. The largest absolute Gasteiger partial charge is 0.355 e. The standard InChI is InChI=1S/C10H13N3O2S2/c1-6-4-17-10(12-6)13-8(14)5-16-7-2-3-11-9(7)15/h4,7H,2-3,5H2,1H3,(H,11,15)(H,12,13,14). The number of carbonyl (C=O) groups is 2. The predicted molar refractivity (Wildman–Crippen MR) is 69.4 cm³/mol. The first-order valence-electron chi connectivity index (χ1n) is 5.26. The lowest BCUT2D eigenvalue weighted by molar-refractivity contribution is -0.118. The molecule has 5 nitrogen and oxygen atoms in total. The second kappa shape index (κ2) is 5.50. The maximum Gasteiger partial charge on any atom is 0.236 e. The van der Waals surface area contributed by atoms with Crippen LogP contribution in [0.3, 0.4) is 0 Å². The first-order chi connectivity index (χ1) is 8.15. The number of aryl methyl sites for hydroxylation is 1. The van der Waals surface area contributed by atoms with Crippen molar-refractivity contribution in [3.63, 3.8) is 0 Å². The van der Waals surface area contributed by atoms with Gasteiger partial charge in [-0.25, -0.2) is 4.98 Å². The first kappa shape index (κ1) is 12.4. The highest BCUT2D eigenvalue weighted by Crippen LogP contribution is 2.19. The summed E-state index contributed by atoms with van der Waals surface area (Å²) in [6, 6.07) is 0. The number of anilines is 1. The molecule has 1 saturated heterocycles. The Hall–Kier alpha value is -1.08. The summed E-state index contributed by atoms with van der Waals surface area (Å²) in [5, 5.41) is 7.87. The Labute approximate surface area is 107 Å². The molecule has 0 aliphatic carbocycles. The SMILES string of the molecule is Cc1csc(NC(=O)CSC2CCNC2=O)n1. The molecule has 2 amide bonds. The number of rotatable bonds is 4. The molecule has 0 radical (unpaired) electrons. The van der Waals surface area contributed by atoms with Crippen LogP contribution in [0.15, 0.2) is 5.38 Å². The highest BCUT2D eigenvalue weighted by Gasteiger charge is 2.25. The van der Waals surface area contributed by atoms with Gasteiger partial charge in [-0.1, -0.05) is 0 Å². The van der Waals surface area contributed by atoms with Crippen LogP contribution >= 0.6 is 23.1 Å². The highest BCUT2D eigenvalue weighted by atomic mass is 32.2. The highest BCUT2D eigenvalue weighted by molar-refractivity contribution is 8.01. The number of hydrogen-bond acceptors (Lipinski definition) is 5. The van der Waals surface area contributed by atoms with Gasteiger partial charge in [0.15, 0.2) is 5.13 Å². The van der Waals surface area contributed by atoms with Crippen molar-refractivity contribution >= 4 is 40.0 Å². The summed E-state index contributed by atoms with van der Waals surface area (Å²) in [7, 11) is 0. The van der Waals surface area contributed by atoms with Crippen molar-refractivity contribution in [1.29, 1.82) is 0 Å². The number of aromatic nitrogens is 1. The first-order valence-corrected chi connectivity index (χ1v) is 7.19. The van der Waals surface area contributed by atoms with Crippen LogP contribution in [0.4, 0.5) is 5.13 Å². The van der Waals surface area contributed by atoms with Crippen molar-refractivity contribution in [2.24, 2.45) is 0 Å². The Morgan fingerprint density at radius 3 is 3.18 bits per heavy atom. The van der Waals surface area contributed by atoms with Gasteiger partial charge in [-0.2, -0.15) is 0 Å². The maximum absolute atomic E-state index is 11.6. The van der Waals surface area contributed by atoms with Crippen molar-refractivity contribution in [3.8, 4) is 0 Å². The van der Waals surface area contributed by atoms with Gasteiger partial charge in [0.1, 0.15) is 0 Å². The molecule has 0 saturated carbocycles. The number of thioether (sulfide) groups is 1. The van der Waals surface area contributed by atoms with Gasteiger partial charge in [0, 0.05) is 11.9 Å². The van der Waals surface area contributed by atoms with E-state index in [1.54, 1.807) is 0 Å². The van der Waals surface area contributed by atoms with Gasteiger partial charge >= 0.3 is 0 Å². The Morgan fingerprint density at radius 1 is 1.76 bits per heavy atom. The molecule has 17 heavy (non-hydrogen) atoms. The zero-order valence-electron chi connectivity index (χ0n) is 9.36. The quantitative estimate of drug-likeness (QED) is 0.857. The molecule has 0 spiro atoms. The Kier molecular flexibility index (Phi) is 4.01. The molecule has 1 unspecified atom stereocenters. The fourth-order valence-corrected chi connectivity index (χ4v) is 3.12. The molecular formula is C10H13N3O2S2. The fourth-order valence-electron chi connectivity index (χ4n) is 1.47. The minimum Gasteiger partial charge on any atom is -0.355 e. The minimum atomic E-state index is -0.107. The molecule has 2 rings (SSSR count). The van der Waals surface area contributed by atoms with E-state index in [2.05, 4.69) is 15.6 Å². The summed E-state index contributed by atoms with van der Waals surface area (Å²) in [4.78, 5) is 27.0. The predicted octanol–water partition coefficient (Wildman–Crippen LogP) is 1.01. The van der Waals surface area contributed by atoms with E-state index in [-0.39, 0.29) is 22.8 Å². The van der Waals surface area contributed by atoms with E-state index in [1.165, 1.54) is 23.1 Å². The Morgan fingerprint density at radius 2 is 2.59 bits per heavy atom. The average molecular weight is 271 g/mol. The van der Waals surface area contributed by atoms with Crippen molar-refractivity contribution in [2.75, 3.05) is 17.6 Å². The van der Waals surface area contributed by atoms with Gasteiger partial charge < -0.3 is 10.6 Å². The van der Waals surface area contributed by atoms with Gasteiger partial charge in [-0.3, -0.25) is 9.59 Å². The van der Waals surface area contributed by atoms with E-state index in [4.69, 9.17) is 0 Å². The zero-order chi connectivity index (χ0) is 12.3. The van der Waals surface area contributed by atoms with E-state index in [9.17, 15) is 9.59 Å². The van der Waals surface area contributed by atoms with E-state index >= 15 is 0 Å². The molecule has 1 aliphatic rings. The third kappa shape index (κ3) is 3.44. The molecule has 92 valence electrons.